The summed E-state index contributed by atoms with van der Waals surface area (Å²) in [7, 11) is 0. The minimum Gasteiger partial charge on any atom is -0.394 e. The van der Waals surface area contributed by atoms with Gasteiger partial charge in [0.05, 0.1) is 13.2 Å². The monoisotopic (exact) mass is 456 g/mol. The Balaban J connectivity index is 1.70. The molecule has 3 rings (SSSR count). The van der Waals surface area contributed by atoms with Gasteiger partial charge in [-0.15, -0.1) is 0 Å². The number of hydrogen-bond acceptors (Lipinski definition) is 14. The number of ether oxygens (including phenoxy) is 4. The van der Waals surface area contributed by atoms with Gasteiger partial charge in [0, 0.05) is 12.1 Å². The van der Waals surface area contributed by atoms with Crippen molar-refractivity contribution in [1.29, 1.82) is 0 Å². The predicted octanol–water partition coefficient (Wildman–Crippen LogP) is -6.59. The van der Waals surface area contributed by atoms with Gasteiger partial charge < -0.3 is 71.3 Å². The molecule has 3 fully saturated rings. The predicted molar refractivity (Wildman–Crippen MR) is 97.8 cm³/mol. The number of hydrogen-bond donors (Lipinski definition) is 10. The summed E-state index contributed by atoms with van der Waals surface area (Å²) in [6, 6.07) is -1.67. The molecule has 0 aromatic rings. The maximum Gasteiger partial charge on any atom is 0.187 e. The first-order valence-corrected chi connectivity index (χ1v) is 10.0. The van der Waals surface area contributed by atoms with Crippen LogP contribution in [0, 0.1) is 0 Å². The Kier molecular flexibility index (Phi) is 8.21. The van der Waals surface area contributed by atoms with Crippen molar-refractivity contribution in [1.82, 2.24) is 0 Å². The number of aliphatic hydroxyl groups excluding tert-OH is 8. The molecule has 182 valence electrons. The molecule has 0 radical (unpaired) electrons. The molecule has 12 N–H and O–H groups in total. The zero-order chi connectivity index (χ0) is 23.0. The highest BCUT2D eigenvalue weighted by atomic mass is 16.7. The summed E-state index contributed by atoms with van der Waals surface area (Å²) in [4.78, 5) is 0. The SMILES string of the molecule is N[C@@H]1C[C@H](N)[C@@H](O[C@H]2O[C@H](CO)[C@@H](O)[C@H](O)[C@H]2O)[C@H](O)[C@H]1O[C@H]1OC[C@@H](O)[C@H](O)[C@H]1O. The third-order valence-electron chi connectivity index (χ3n) is 5.95. The summed E-state index contributed by atoms with van der Waals surface area (Å²) >= 11 is 0. The highest BCUT2D eigenvalue weighted by Crippen LogP contribution is 2.30. The van der Waals surface area contributed by atoms with Gasteiger partial charge in [0.25, 0.3) is 0 Å². The van der Waals surface area contributed by atoms with Crippen molar-refractivity contribution < 1.29 is 59.8 Å². The Hall–Kier alpha value is -0.560. The molecule has 3 aliphatic rings. The fraction of sp³-hybridized carbons (Fsp3) is 1.00. The van der Waals surface area contributed by atoms with E-state index in [0.29, 0.717) is 0 Å². The fourth-order valence-electron chi connectivity index (χ4n) is 4.03. The van der Waals surface area contributed by atoms with Gasteiger partial charge in [-0.3, -0.25) is 0 Å². The van der Waals surface area contributed by atoms with Gasteiger partial charge in [0.15, 0.2) is 12.6 Å². The van der Waals surface area contributed by atoms with E-state index in [1.807, 2.05) is 0 Å². The summed E-state index contributed by atoms with van der Waals surface area (Å²) in [6.07, 6.45) is -17.4. The minimum absolute atomic E-state index is 0.0812. The van der Waals surface area contributed by atoms with E-state index in [-0.39, 0.29) is 13.0 Å². The molecule has 14 atom stereocenters. The van der Waals surface area contributed by atoms with Gasteiger partial charge in [-0.2, -0.15) is 0 Å². The normalized spacial score (nSPS) is 54.0. The Morgan fingerprint density at radius 3 is 1.84 bits per heavy atom. The van der Waals surface area contributed by atoms with Gasteiger partial charge in [0.1, 0.15) is 61.0 Å². The van der Waals surface area contributed by atoms with Crippen LogP contribution in [0.4, 0.5) is 0 Å². The van der Waals surface area contributed by atoms with Gasteiger partial charge in [-0.25, -0.2) is 0 Å². The quantitative estimate of drug-likeness (QED) is 0.185. The third-order valence-corrected chi connectivity index (χ3v) is 5.95. The fourth-order valence-corrected chi connectivity index (χ4v) is 4.03. The summed E-state index contributed by atoms with van der Waals surface area (Å²) in [5.41, 5.74) is 12.1. The van der Waals surface area contributed by atoms with Crippen LogP contribution in [0.3, 0.4) is 0 Å². The van der Waals surface area contributed by atoms with Crippen molar-refractivity contribution in [2.45, 2.75) is 92.1 Å². The molecular formula is C17H32N2O12. The van der Waals surface area contributed by atoms with Crippen molar-refractivity contribution in [2.24, 2.45) is 11.5 Å². The molecule has 2 heterocycles. The Morgan fingerprint density at radius 1 is 0.710 bits per heavy atom. The summed E-state index contributed by atoms with van der Waals surface area (Å²) in [5, 5.41) is 79.5. The molecule has 2 aliphatic heterocycles. The van der Waals surface area contributed by atoms with E-state index < -0.39 is 92.3 Å². The second kappa shape index (κ2) is 10.1. The highest BCUT2D eigenvalue weighted by Gasteiger charge is 2.50. The van der Waals surface area contributed by atoms with Crippen LogP contribution in [-0.2, 0) is 18.9 Å². The largest absolute Gasteiger partial charge is 0.394 e. The van der Waals surface area contributed by atoms with Crippen LogP contribution >= 0.6 is 0 Å². The molecule has 0 amide bonds. The molecule has 1 aliphatic carbocycles. The van der Waals surface area contributed by atoms with Crippen molar-refractivity contribution >= 4 is 0 Å². The first-order valence-electron chi connectivity index (χ1n) is 10.0. The van der Waals surface area contributed by atoms with Gasteiger partial charge in [-0.05, 0) is 6.42 Å². The van der Waals surface area contributed by atoms with Crippen LogP contribution < -0.4 is 11.5 Å². The summed E-state index contributed by atoms with van der Waals surface area (Å²) in [5.74, 6) is 0. The number of aliphatic hydroxyl groups is 8. The average molecular weight is 456 g/mol. The maximum atomic E-state index is 10.8. The van der Waals surface area contributed by atoms with Crippen LogP contribution in [0.25, 0.3) is 0 Å². The zero-order valence-electron chi connectivity index (χ0n) is 16.6. The molecule has 0 spiro atoms. The first-order chi connectivity index (χ1) is 14.6. The highest BCUT2D eigenvalue weighted by molar-refractivity contribution is 5.00. The molecule has 14 nitrogen and oxygen atoms in total. The lowest BCUT2D eigenvalue weighted by Gasteiger charge is -2.47. The molecule has 14 heteroatoms. The Morgan fingerprint density at radius 2 is 1.26 bits per heavy atom. The van der Waals surface area contributed by atoms with Crippen molar-refractivity contribution in [3.05, 3.63) is 0 Å². The Labute approximate surface area is 177 Å². The van der Waals surface area contributed by atoms with Crippen LogP contribution in [-0.4, -0.2) is 140 Å². The van der Waals surface area contributed by atoms with E-state index in [0.717, 1.165) is 0 Å². The van der Waals surface area contributed by atoms with Crippen molar-refractivity contribution in [3.63, 3.8) is 0 Å². The van der Waals surface area contributed by atoms with Crippen LogP contribution in [0.5, 0.6) is 0 Å². The average Bonchev–Trinajstić information content (AvgIpc) is 2.73. The lowest BCUT2D eigenvalue weighted by atomic mass is 9.84. The Bertz CT molecular complexity index is 587. The van der Waals surface area contributed by atoms with Crippen LogP contribution in [0.1, 0.15) is 6.42 Å². The molecule has 1 saturated carbocycles. The molecule has 0 aromatic carbocycles. The van der Waals surface area contributed by atoms with E-state index in [4.69, 9.17) is 30.4 Å². The molecular weight excluding hydrogens is 424 g/mol. The van der Waals surface area contributed by atoms with E-state index in [1.54, 1.807) is 0 Å². The van der Waals surface area contributed by atoms with Gasteiger partial charge in [-0.1, -0.05) is 0 Å². The topological polar surface area (TPSA) is 251 Å². The molecule has 0 aromatic heterocycles. The van der Waals surface area contributed by atoms with Crippen LogP contribution in [0.15, 0.2) is 0 Å². The lowest BCUT2D eigenvalue weighted by Crippen LogP contribution is -2.67. The molecule has 2 saturated heterocycles. The summed E-state index contributed by atoms with van der Waals surface area (Å²) in [6.45, 7) is -0.975. The smallest absolute Gasteiger partial charge is 0.187 e. The minimum atomic E-state index is -1.70. The van der Waals surface area contributed by atoms with Crippen molar-refractivity contribution in [2.75, 3.05) is 13.2 Å². The second-order valence-corrected chi connectivity index (χ2v) is 8.20. The van der Waals surface area contributed by atoms with E-state index in [2.05, 4.69) is 0 Å². The maximum absolute atomic E-state index is 10.8. The first kappa shape index (κ1) is 25.1. The van der Waals surface area contributed by atoms with E-state index in [9.17, 15) is 40.9 Å². The lowest BCUT2D eigenvalue weighted by molar-refractivity contribution is -0.333. The molecule has 31 heavy (non-hydrogen) atoms. The zero-order valence-corrected chi connectivity index (χ0v) is 16.6. The molecule has 0 bridgehead atoms. The van der Waals surface area contributed by atoms with E-state index >= 15 is 0 Å². The van der Waals surface area contributed by atoms with Crippen LogP contribution in [0.2, 0.25) is 0 Å². The molecule has 0 unspecified atom stereocenters. The number of rotatable bonds is 5. The summed E-state index contributed by atoms with van der Waals surface area (Å²) < 4.78 is 21.6. The standard InChI is InChI=1S/C17H32N2O12/c18-4-1-5(19)15(31-17-12(26)10(24)9(23)7(2-20)29-17)13(27)14(4)30-16-11(25)8(22)6(21)3-28-16/h4-17,20-27H,1-3,18-19H2/t4-,5+,6-,7-,8+,9-,10+,11-,12-,13-,14+,15-,16-,17-/m1/s1. The number of nitrogens with two attached hydrogens (primary N) is 2. The van der Waals surface area contributed by atoms with Gasteiger partial charge in [0.2, 0.25) is 0 Å². The van der Waals surface area contributed by atoms with Gasteiger partial charge >= 0.3 is 0 Å². The van der Waals surface area contributed by atoms with Crippen molar-refractivity contribution in [3.8, 4) is 0 Å². The van der Waals surface area contributed by atoms with E-state index in [1.165, 1.54) is 0 Å². The third kappa shape index (κ3) is 5.02. The second-order valence-electron chi connectivity index (χ2n) is 8.20.